The zero-order valence-corrected chi connectivity index (χ0v) is 11.0. The van der Waals surface area contributed by atoms with Crippen molar-refractivity contribution in [2.24, 2.45) is 0 Å². The van der Waals surface area contributed by atoms with Gasteiger partial charge in [-0.15, -0.1) is 0 Å². The van der Waals surface area contributed by atoms with Gasteiger partial charge in [0.1, 0.15) is 0 Å². The molecule has 0 saturated heterocycles. The molecule has 0 bridgehead atoms. The monoisotopic (exact) mass is 296 g/mol. The molecule has 9 heteroatoms. The maximum Gasteiger partial charge on any atom is 0.271 e. The molecule has 0 unspecified atom stereocenters. The van der Waals surface area contributed by atoms with Crippen LogP contribution in [0.1, 0.15) is 16.1 Å². The van der Waals surface area contributed by atoms with Gasteiger partial charge in [-0.3, -0.25) is 20.2 Å². The van der Waals surface area contributed by atoms with Crippen LogP contribution < -0.4 is 11.1 Å². The Kier molecular flexibility index (Phi) is 3.57. The molecule has 104 valence electrons. The number of nitro benzene ring substituents is 1. The summed E-state index contributed by atoms with van der Waals surface area (Å²) in [6.45, 7) is 1.68. The van der Waals surface area contributed by atoms with Crippen molar-refractivity contribution in [2.45, 2.75) is 6.92 Å². The molecule has 1 heterocycles. The van der Waals surface area contributed by atoms with Gasteiger partial charge < -0.3 is 10.3 Å². The van der Waals surface area contributed by atoms with E-state index in [1.54, 1.807) is 6.92 Å². The largest absolute Gasteiger partial charge is 0.397 e. The number of non-ortho nitro benzene ring substituents is 1. The van der Waals surface area contributed by atoms with Gasteiger partial charge in [0.15, 0.2) is 0 Å². The maximum absolute atomic E-state index is 12.0. The van der Waals surface area contributed by atoms with E-state index in [1.807, 2.05) is 0 Å². The van der Waals surface area contributed by atoms with Crippen LogP contribution >= 0.6 is 11.6 Å². The number of hydrogen-bond acceptors (Lipinski definition) is 6. The quantitative estimate of drug-likeness (QED) is 0.509. The maximum atomic E-state index is 12.0. The first-order valence-electron chi connectivity index (χ1n) is 5.36. The summed E-state index contributed by atoms with van der Waals surface area (Å²) in [7, 11) is 0. The van der Waals surface area contributed by atoms with Gasteiger partial charge in [-0.2, -0.15) is 0 Å². The Bertz CT molecular complexity index is 698. The third-order valence-electron chi connectivity index (χ3n) is 2.43. The fourth-order valence-electron chi connectivity index (χ4n) is 1.50. The van der Waals surface area contributed by atoms with Crippen molar-refractivity contribution in [1.82, 2.24) is 5.16 Å². The van der Waals surface area contributed by atoms with Gasteiger partial charge in [0, 0.05) is 18.2 Å². The fourth-order valence-corrected chi connectivity index (χ4v) is 1.71. The third kappa shape index (κ3) is 2.69. The van der Waals surface area contributed by atoms with Gasteiger partial charge >= 0.3 is 0 Å². The minimum atomic E-state index is -0.677. The second kappa shape index (κ2) is 5.17. The molecule has 0 fully saturated rings. The van der Waals surface area contributed by atoms with Crippen molar-refractivity contribution in [1.29, 1.82) is 0 Å². The van der Waals surface area contributed by atoms with E-state index in [-0.39, 0.29) is 27.8 Å². The van der Waals surface area contributed by atoms with Crippen molar-refractivity contribution in [3.8, 4) is 0 Å². The average molecular weight is 297 g/mol. The van der Waals surface area contributed by atoms with Crippen LogP contribution in [-0.4, -0.2) is 16.0 Å². The SMILES string of the molecule is Cc1cc(NC(=O)c2cc([N+](=O)[O-])cc(Cl)c2N)on1. The number of nitro groups is 1. The van der Waals surface area contributed by atoms with Gasteiger partial charge in [-0.1, -0.05) is 16.8 Å². The van der Waals surface area contributed by atoms with Crippen molar-refractivity contribution < 1.29 is 14.2 Å². The number of carbonyl (C=O) groups is 1. The normalized spacial score (nSPS) is 10.3. The summed E-state index contributed by atoms with van der Waals surface area (Å²) in [6, 6.07) is 3.61. The smallest absolute Gasteiger partial charge is 0.271 e. The molecule has 0 saturated carbocycles. The number of nitrogens with zero attached hydrogens (tertiary/aromatic N) is 2. The summed E-state index contributed by atoms with van der Waals surface area (Å²) in [5.74, 6) is -0.571. The minimum absolute atomic E-state index is 0.0500. The predicted molar refractivity (Wildman–Crippen MR) is 71.7 cm³/mol. The number of amides is 1. The summed E-state index contributed by atoms with van der Waals surface area (Å²) in [6.07, 6.45) is 0. The highest BCUT2D eigenvalue weighted by molar-refractivity contribution is 6.34. The molecule has 0 aliphatic carbocycles. The second-order valence-corrected chi connectivity index (χ2v) is 4.34. The molecule has 2 aromatic rings. The van der Waals surface area contributed by atoms with Gasteiger partial charge in [0.05, 0.1) is 26.9 Å². The number of aryl methyl sites for hydroxylation is 1. The molecule has 20 heavy (non-hydrogen) atoms. The Morgan fingerprint density at radius 2 is 2.20 bits per heavy atom. The molecule has 1 aromatic carbocycles. The topological polar surface area (TPSA) is 124 Å². The number of halogens is 1. The molecule has 1 amide bonds. The van der Waals surface area contributed by atoms with Crippen LogP contribution in [0.15, 0.2) is 22.7 Å². The van der Waals surface area contributed by atoms with Crippen LogP contribution in [0.2, 0.25) is 5.02 Å². The Hall–Kier alpha value is -2.61. The van der Waals surface area contributed by atoms with Crippen LogP contribution in [0.4, 0.5) is 17.3 Å². The fraction of sp³-hybridized carbons (Fsp3) is 0.0909. The number of benzene rings is 1. The highest BCUT2D eigenvalue weighted by atomic mass is 35.5. The third-order valence-corrected chi connectivity index (χ3v) is 2.75. The lowest BCUT2D eigenvalue weighted by atomic mass is 10.1. The first kappa shape index (κ1) is 13.8. The Labute approximate surface area is 117 Å². The predicted octanol–water partition coefficient (Wildman–Crippen LogP) is 2.38. The van der Waals surface area contributed by atoms with Crippen molar-refractivity contribution >= 4 is 34.8 Å². The van der Waals surface area contributed by atoms with Crippen molar-refractivity contribution in [3.63, 3.8) is 0 Å². The van der Waals surface area contributed by atoms with Crippen molar-refractivity contribution in [2.75, 3.05) is 11.1 Å². The van der Waals surface area contributed by atoms with E-state index in [1.165, 1.54) is 6.07 Å². The lowest BCUT2D eigenvalue weighted by Gasteiger charge is -2.06. The number of nitrogen functional groups attached to an aromatic ring is 1. The average Bonchev–Trinajstić information content (AvgIpc) is 2.77. The van der Waals surface area contributed by atoms with E-state index in [4.69, 9.17) is 21.9 Å². The number of hydrogen-bond donors (Lipinski definition) is 2. The summed E-state index contributed by atoms with van der Waals surface area (Å²) in [5.41, 5.74) is 5.73. The highest BCUT2D eigenvalue weighted by Gasteiger charge is 2.19. The summed E-state index contributed by atoms with van der Waals surface area (Å²) >= 11 is 5.77. The highest BCUT2D eigenvalue weighted by Crippen LogP contribution is 2.29. The molecule has 0 radical (unpaired) electrons. The van der Waals surface area contributed by atoms with Crippen LogP contribution in [0.25, 0.3) is 0 Å². The molecule has 0 atom stereocenters. The van der Waals surface area contributed by atoms with Crippen LogP contribution in [0.5, 0.6) is 0 Å². The van der Waals surface area contributed by atoms with Gasteiger partial charge in [0.2, 0.25) is 5.88 Å². The molecule has 2 rings (SSSR count). The molecule has 8 nitrogen and oxygen atoms in total. The Balaban J connectivity index is 2.36. The summed E-state index contributed by atoms with van der Waals surface area (Å²) < 4.78 is 4.81. The standard InChI is InChI=1S/C11H9ClN4O4/c1-5-2-9(20-15-5)14-11(17)7-3-6(16(18)19)4-8(12)10(7)13/h2-4H,13H2,1H3,(H,14,17). The lowest BCUT2D eigenvalue weighted by molar-refractivity contribution is -0.384. The van der Waals surface area contributed by atoms with Crippen LogP contribution in [0.3, 0.4) is 0 Å². The second-order valence-electron chi connectivity index (χ2n) is 3.93. The molecule has 0 aliphatic rings. The van der Waals surface area contributed by atoms with Crippen LogP contribution in [0, 0.1) is 17.0 Å². The lowest BCUT2D eigenvalue weighted by Crippen LogP contribution is -2.14. The van der Waals surface area contributed by atoms with Gasteiger partial charge in [0.25, 0.3) is 11.6 Å². The number of nitrogens with two attached hydrogens (primary N) is 1. The molecular weight excluding hydrogens is 288 g/mol. The Morgan fingerprint density at radius 1 is 1.50 bits per heavy atom. The van der Waals surface area contributed by atoms with Gasteiger partial charge in [-0.25, -0.2) is 0 Å². The molecule has 0 aliphatic heterocycles. The molecular formula is C11H9ClN4O4. The van der Waals surface area contributed by atoms with Crippen LogP contribution in [-0.2, 0) is 0 Å². The zero-order valence-electron chi connectivity index (χ0n) is 10.2. The first-order chi connectivity index (χ1) is 9.38. The molecule has 0 spiro atoms. The van der Waals surface area contributed by atoms with Gasteiger partial charge in [-0.05, 0) is 6.92 Å². The van der Waals surface area contributed by atoms with E-state index in [0.29, 0.717) is 5.69 Å². The number of nitrogens with one attached hydrogen (secondary N) is 1. The van der Waals surface area contributed by atoms with E-state index < -0.39 is 10.8 Å². The molecule has 1 aromatic heterocycles. The van der Waals surface area contributed by atoms with E-state index in [9.17, 15) is 14.9 Å². The zero-order chi connectivity index (χ0) is 14.9. The number of carbonyl (C=O) groups excluding carboxylic acids is 1. The van der Waals surface area contributed by atoms with E-state index in [0.717, 1.165) is 12.1 Å². The van der Waals surface area contributed by atoms with Crippen molar-refractivity contribution in [3.05, 3.63) is 44.6 Å². The number of aromatic nitrogens is 1. The number of anilines is 2. The first-order valence-corrected chi connectivity index (χ1v) is 5.74. The van der Waals surface area contributed by atoms with E-state index in [2.05, 4.69) is 10.5 Å². The summed E-state index contributed by atoms with van der Waals surface area (Å²) in [5, 5.41) is 16.7. The summed E-state index contributed by atoms with van der Waals surface area (Å²) in [4.78, 5) is 22.1. The minimum Gasteiger partial charge on any atom is -0.397 e. The molecule has 3 N–H and O–H groups in total. The number of rotatable bonds is 3. The van der Waals surface area contributed by atoms with E-state index >= 15 is 0 Å². The Morgan fingerprint density at radius 3 is 2.75 bits per heavy atom.